The van der Waals surface area contributed by atoms with Gasteiger partial charge >= 0.3 is 0 Å². The van der Waals surface area contributed by atoms with E-state index in [1.54, 1.807) is 17.7 Å². The van der Waals surface area contributed by atoms with E-state index in [2.05, 4.69) is 34.1 Å². The van der Waals surface area contributed by atoms with Gasteiger partial charge in [-0.05, 0) is 70.2 Å². The van der Waals surface area contributed by atoms with Crippen LogP contribution in [0.15, 0.2) is 52.2 Å². The minimum Gasteiger partial charge on any atom is -0.598 e. The Morgan fingerprint density at radius 1 is 1.14 bits per heavy atom. The summed E-state index contributed by atoms with van der Waals surface area (Å²) in [6, 6.07) is 8.25. The normalized spacial score (nSPS) is 16.2. The highest BCUT2D eigenvalue weighted by atomic mass is 32.2. The van der Waals surface area contributed by atoms with Crippen LogP contribution in [0.4, 0.5) is 0 Å². The molecule has 4 heterocycles. The highest BCUT2D eigenvalue weighted by Crippen LogP contribution is 2.38. The van der Waals surface area contributed by atoms with E-state index in [1.807, 2.05) is 58.3 Å². The van der Waals surface area contributed by atoms with Gasteiger partial charge in [0.1, 0.15) is 41.1 Å². The third-order valence-electron chi connectivity index (χ3n) is 9.21. The van der Waals surface area contributed by atoms with Gasteiger partial charge < -0.3 is 37.2 Å². The lowest BCUT2D eigenvalue weighted by Gasteiger charge is -2.28. The van der Waals surface area contributed by atoms with Crippen LogP contribution in [0.2, 0.25) is 25.7 Å². The van der Waals surface area contributed by atoms with E-state index < -0.39 is 30.0 Å². The number of aryl methyl sites for hydroxylation is 1. The van der Waals surface area contributed by atoms with Gasteiger partial charge in [0.15, 0.2) is 0 Å². The molecule has 1 aliphatic heterocycles. The summed E-state index contributed by atoms with van der Waals surface area (Å²) >= 11 is -1.36. The Bertz CT molecular complexity index is 1770. The highest BCUT2D eigenvalue weighted by Gasteiger charge is 2.40. The first kappa shape index (κ1) is 39.2. The number of methoxy groups -OCH3 is 1. The van der Waals surface area contributed by atoms with Crippen LogP contribution in [0, 0.1) is 0 Å². The Balaban J connectivity index is 1.45. The molecule has 0 aliphatic carbocycles. The number of imidazole rings is 1. The van der Waals surface area contributed by atoms with Crippen molar-refractivity contribution in [2.45, 2.75) is 115 Å². The lowest BCUT2D eigenvalue weighted by atomic mass is 10.0. The molecule has 280 valence electrons. The molecule has 14 heteroatoms. The van der Waals surface area contributed by atoms with Crippen LogP contribution < -0.4 is 15.0 Å². The first-order valence-corrected chi connectivity index (χ1v) is 22.8. The summed E-state index contributed by atoms with van der Waals surface area (Å²) in [5.74, 6) is 0.434. The molecule has 1 fully saturated rings. The molecule has 0 saturated carbocycles. The minimum atomic E-state index is -1.36. The number of benzene rings is 1. The molecule has 1 aliphatic rings. The number of unbranched alkanes of at least 4 members (excludes halogenated alkanes) is 2. The Morgan fingerprint density at radius 2 is 1.90 bits per heavy atom. The molecule has 51 heavy (non-hydrogen) atoms. The zero-order valence-electron chi connectivity index (χ0n) is 31.5. The van der Waals surface area contributed by atoms with Crippen molar-refractivity contribution >= 4 is 30.2 Å². The van der Waals surface area contributed by atoms with Crippen molar-refractivity contribution in [1.29, 1.82) is 0 Å². The van der Waals surface area contributed by atoms with E-state index in [-0.39, 0.29) is 18.3 Å². The predicted octanol–water partition coefficient (Wildman–Crippen LogP) is 7.14. The minimum absolute atomic E-state index is 0.0596. The van der Waals surface area contributed by atoms with Gasteiger partial charge in [-0.1, -0.05) is 37.6 Å². The van der Waals surface area contributed by atoms with E-state index in [0.717, 1.165) is 47.8 Å². The second-order valence-electron chi connectivity index (χ2n) is 15.3. The third-order valence-corrected chi connectivity index (χ3v) is 12.5. The lowest BCUT2D eigenvalue weighted by molar-refractivity contribution is -0.175. The topological polar surface area (TPSA) is 138 Å². The van der Waals surface area contributed by atoms with Crippen LogP contribution in [0.5, 0.6) is 5.75 Å². The fourth-order valence-electron chi connectivity index (χ4n) is 6.20. The average molecular weight is 742 g/mol. The predicted molar refractivity (Wildman–Crippen MR) is 203 cm³/mol. The molecule has 12 nitrogen and oxygen atoms in total. The summed E-state index contributed by atoms with van der Waals surface area (Å²) in [6.45, 7) is 17.3. The summed E-state index contributed by atoms with van der Waals surface area (Å²) in [5.41, 5.74) is 2.20. The maximum absolute atomic E-state index is 13.6. The van der Waals surface area contributed by atoms with E-state index in [4.69, 9.17) is 28.5 Å². The Hall–Kier alpha value is -2.98. The van der Waals surface area contributed by atoms with Crippen molar-refractivity contribution in [3.63, 3.8) is 0 Å². The van der Waals surface area contributed by atoms with Gasteiger partial charge in [-0.3, -0.25) is 4.79 Å². The molecule has 2 atom stereocenters. The molecule has 1 saturated heterocycles. The largest absolute Gasteiger partial charge is 0.598 e. The Morgan fingerprint density at radius 3 is 2.55 bits per heavy atom. The average Bonchev–Trinajstić information content (AvgIpc) is 3.87. The maximum atomic E-state index is 13.6. The van der Waals surface area contributed by atoms with E-state index in [0.29, 0.717) is 56.0 Å². The quantitative estimate of drug-likeness (QED) is 0.0637. The van der Waals surface area contributed by atoms with Crippen LogP contribution in [0.25, 0.3) is 22.0 Å². The maximum Gasteiger partial charge on any atom is 0.258 e. The smallest absolute Gasteiger partial charge is 0.258 e. The highest BCUT2D eigenvalue weighted by molar-refractivity contribution is 7.90. The number of hydrogen-bond donors (Lipinski definition) is 1. The van der Waals surface area contributed by atoms with Crippen molar-refractivity contribution in [2.24, 2.45) is 0 Å². The van der Waals surface area contributed by atoms with Crippen molar-refractivity contribution in [3.05, 3.63) is 64.8 Å². The van der Waals surface area contributed by atoms with Crippen LogP contribution in [-0.4, -0.2) is 63.6 Å². The van der Waals surface area contributed by atoms with Gasteiger partial charge in [0.2, 0.25) is 5.79 Å². The molecule has 3 aromatic heterocycles. The first-order chi connectivity index (χ1) is 24.3. The van der Waals surface area contributed by atoms with Crippen LogP contribution in [0.3, 0.4) is 0 Å². The molecule has 4 aromatic rings. The summed E-state index contributed by atoms with van der Waals surface area (Å²) < 4.78 is 49.7. The molecule has 1 aromatic carbocycles. The summed E-state index contributed by atoms with van der Waals surface area (Å²) in [4.78, 5) is 18.2. The number of nitrogens with zero attached hydrogens (tertiary/aromatic N) is 4. The fraction of sp³-hybridized carbons (Fsp3) is 0.595. The first-order valence-electron chi connectivity index (χ1n) is 18.0. The molecule has 0 spiro atoms. The summed E-state index contributed by atoms with van der Waals surface area (Å²) in [6.07, 6.45) is 9.11. The van der Waals surface area contributed by atoms with Crippen molar-refractivity contribution in [3.8, 4) is 17.0 Å². The third kappa shape index (κ3) is 9.52. The van der Waals surface area contributed by atoms with Gasteiger partial charge in [0, 0.05) is 56.8 Å². The van der Waals surface area contributed by atoms with E-state index >= 15 is 0 Å². The van der Waals surface area contributed by atoms with Gasteiger partial charge in [-0.15, -0.1) is 4.72 Å². The second kappa shape index (κ2) is 16.8. The van der Waals surface area contributed by atoms with Gasteiger partial charge in [-0.25, -0.2) is 4.98 Å². The fourth-order valence-corrected chi connectivity index (χ4v) is 7.79. The SMILES string of the molecule is CCn1ccc2cc(-c3cnc(C(CCCCCC4(c5ccon5)OCCO4)N[S+]([O-])C(C)(C)C)n3COCC[Si](C)(C)C)c(OC)cc2c1=O. The molecule has 5 rings (SSSR count). The van der Waals surface area contributed by atoms with Crippen molar-refractivity contribution in [2.75, 3.05) is 26.9 Å². The Labute approximate surface area is 305 Å². The molecular formula is C37H55N5O7SSi. The Kier molecular flexibility index (Phi) is 12.9. The number of nitrogens with one attached hydrogen (secondary N) is 1. The van der Waals surface area contributed by atoms with Crippen molar-refractivity contribution < 1.29 is 28.0 Å². The number of pyridine rings is 1. The standard InChI is InChI=1S/C37H55N5O7SSi/c1-9-41-17-14-27-23-29(32(45-5)24-28(27)35(41)43)31-25-38-34(42(31)26-46-21-22-51(6,7)8)30(40-50(44)36(2,3)4)13-11-10-12-16-37(47-19-20-48-37)33-15-18-49-39-33/h14-15,17-18,23-25,30,40H,9-13,16,19-22,26H2,1-8H3. The van der Waals surface area contributed by atoms with Gasteiger partial charge in [-0.2, -0.15) is 0 Å². The molecule has 0 amide bonds. The lowest BCUT2D eigenvalue weighted by Crippen LogP contribution is -2.42. The molecule has 2 unspecified atom stereocenters. The molecule has 0 radical (unpaired) electrons. The number of rotatable bonds is 18. The van der Waals surface area contributed by atoms with Crippen LogP contribution in [-0.2, 0) is 44.6 Å². The van der Waals surface area contributed by atoms with Crippen molar-refractivity contribution in [1.82, 2.24) is 24.0 Å². The van der Waals surface area contributed by atoms with Gasteiger partial charge in [0.05, 0.1) is 37.6 Å². The zero-order valence-corrected chi connectivity index (χ0v) is 33.3. The monoisotopic (exact) mass is 741 g/mol. The molecule has 1 N–H and O–H groups in total. The number of hydrogen-bond acceptors (Lipinski definition) is 10. The van der Waals surface area contributed by atoms with Crippen LogP contribution in [0.1, 0.15) is 77.4 Å². The molecular weight excluding hydrogens is 687 g/mol. The molecule has 0 bridgehead atoms. The van der Waals surface area contributed by atoms with Gasteiger partial charge in [0.25, 0.3) is 5.56 Å². The number of ether oxygens (including phenoxy) is 4. The van der Waals surface area contributed by atoms with E-state index in [9.17, 15) is 9.35 Å². The summed E-state index contributed by atoms with van der Waals surface area (Å²) in [7, 11) is 0.281. The van der Waals surface area contributed by atoms with E-state index in [1.165, 1.54) is 6.26 Å². The van der Waals surface area contributed by atoms with Crippen LogP contribution >= 0.6 is 0 Å². The zero-order chi connectivity index (χ0) is 36.8. The number of aromatic nitrogens is 4. The summed E-state index contributed by atoms with van der Waals surface area (Å²) in [5, 5.41) is 5.51. The second-order valence-corrected chi connectivity index (χ2v) is 22.9. The number of fused-ring (bicyclic) bond motifs is 1.